The molecule has 0 aliphatic rings. The van der Waals surface area contributed by atoms with Crippen molar-refractivity contribution in [3.63, 3.8) is 0 Å². The molecule has 12 heteroatoms. The maximum Gasteiger partial charge on any atom is 0.573 e. The summed E-state index contributed by atoms with van der Waals surface area (Å²) in [5.41, 5.74) is 1.13. The van der Waals surface area contributed by atoms with Crippen LogP contribution in [0.1, 0.15) is 11.4 Å². The summed E-state index contributed by atoms with van der Waals surface area (Å²) in [6.07, 6.45) is -4.90. The van der Waals surface area contributed by atoms with Gasteiger partial charge in [0.15, 0.2) is 0 Å². The number of benzene rings is 1. The second kappa shape index (κ2) is 7.15. The topological polar surface area (TPSA) is 110 Å². The van der Waals surface area contributed by atoms with Crippen LogP contribution < -0.4 is 14.8 Å². The Balaban J connectivity index is 2.08. The Morgan fingerprint density at radius 3 is 2.12 bits per heavy atom. The molecule has 0 saturated heterocycles. The first kappa shape index (κ1) is 19.4. The Bertz CT molecular complexity index is 895. The highest BCUT2D eigenvalue weighted by molar-refractivity contribution is 7.90. The zero-order valence-electron chi connectivity index (χ0n) is 13.5. The number of carbonyl (C=O) groups is 1. The monoisotopic (exact) mass is 390 g/mol. The molecule has 0 spiro atoms. The van der Waals surface area contributed by atoms with Crippen LogP contribution in [-0.2, 0) is 10.0 Å². The van der Waals surface area contributed by atoms with Crippen molar-refractivity contribution in [1.82, 2.24) is 14.7 Å². The second-order valence-electron chi connectivity index (χ2n) is 5.05. The number of nitrogens with one attached hydrogen (secondary N) is 2. The van der Waals surface area contributed by atoms with Crippen LogP contribution in [0.4, 0.5) is 23.9 Å². The van der Waals surface area contributed by atoms with E-state index in [1.54, 1.807) is 24.6 Å². The van der Waals surface area contributed by atoms with E-state index in [0.29, 0.717) is 11.4 Å². The fraction of sp³-hybridized carbons (Fsp3) is 0.214. The molecule has 0 saturated carbocycles. The van der Waals surface area contributed by atoms with E-state index in [2.05, 4.69) is 20.0 Å². The third-order valence-electron chi connectivity index (χ3n) is 2.80. The average molecular weight is 390 g/mol. The van der Waals surface area contributed by atoms with E-state index in [-0.39, 0.29) is 5.95 Å². The van der Waals surface area contributed by atoms with Crippen molar-refractivity contribution in [3.05, 3.63) is 41.7 Å². The van der Waals surface area contributed by atoms with E-state index in [1.165, 1.54) is 0 Å². The van der Waals surface area contributed by atoms with Crippen LogP contribution in [0.2, 0.25) is 0 Å². The minimum atomic E-state index is -4.90. The fourth-order valence-electron chi connectivity index (χ4n) is 1.91. The standard InChI is InChI=1S/C14H13F3N4O4S/c1-8-7-9(2)19-12(18-8)20-13(22)21-26(23,24)11-5-3-10(4-6-11)25-14(15,16)17/h3-7H,1-2H3,(H2,18,19,20,21,22). The number of halogens is 3. The number of rotatable bonds is 4. The van der Waals surface area contributed by atoms with Crippen molar-refractivity contribution in [3.8, 4) is 5.75 Å². The molecule has 2 amide bonds. The van der Waals surface area contributed by atoms with Gasteiger partial charge in [-0.15, -0.1) is 13.2 Å². The van der Waals surface area contributed by atoms with E-state index in [0.717, 1.165) is 24.3 Å². The molecule has 2 rings (SSSR count). The molecule has 2 aromatic rings. The van der Waals surface area contributed by atoms with Gasteiger partial charge in [-0.25, -0.2) is 27.9 Å². The molecule has 0 bridgehead atoms. The highest BCUT2D eigenvalue weighted by Crippen LogP contribution is 2.23. The van der Waals surface area contributed by atoms with Crippen LogP contribution in [0.15, 0.2) is 35.2 Å². The SMILES string of the molecule is Cc1cc(C)nc(NC(=O)NS(=O)(=O)c2ccc(OC(F)(F)F)cc2)n1. The summed E-state index contributed by atoms with van der Waals surface area (Å²) < 4.78 is 65.8. The molecule has 0 fully saturated rings. The summed E-state index contributed by atoms with van der Waals surface area (Å²) in [5, 5.41) is 2.17. The smallest absolute Gasteiger partial charge is 0.406 e. The molecule has 0 radical (unpaired) electrons. The molecule has 1 aromatic carbocycles. The first-order valence-electron chi connectivity index (χ1n) is 6.96. The lowest BCUT2D eigenvalue weighted by molar-refractivity contribution is -0.274. The number of aryl methyl sites for hydroxylation is 2. The Morgan fingerprint density at radius 1 is 1.08 bits per heavy atom. The minimum Gasteiger partial charge on any atom is -0.406 e. The van der Waals surface area contributed by atoms with Gasteiger partial charge in [0.05, 0.1) is 4.90 Å². The zero-order chi connectivity index (χ0) is 19.5. The highest BCUT2D eigenvalue weighted by atomic mass is 32.2. The molecule has 140 valence electrons. The molecular weight excluding hydrogens is 377 g/mol. The lowest BCUT2D eigenvalue weighted by Gasteiger charge is -2.10. The molecule has 0 atom stereocenters. The van der Waals surface area contributed by atoms with Crippen molar-refractivity contribution in [2.75, 3.05) is 5.32 Å². The highest BCUT2D eigenvalue weighted by Gasteiger charge is 2.31. The van der Waals surface area contributed by atoms with E-state index in [1.807, 2.05) is 0 Å². The lowest BCUT2D eigenvalue weighted by atomic mass is 10.3. The summed E-state index contributed by atoms with van der Waals surface area (Å²) in [7, 11) is -4.31. The number of amides is 2. The molecule has 1 heterocycles. The number of nitrogens with zero attached hydrogens (tertiary/aromatic N) is 2. The predicted octanol–water partition coefficient (Wildman–Crippen LogP) is 2.50. The van der Waals surface area contributed by atoms with Gasteiger partial charge in [-0.1, -0.05) is 0 Å². The summed E-state index contributed by atoms with van der Waals surface area (Å²) in [4.78, 5) is 19.2. The number of hydrogen-bond acceptors (Lipinski definition) is 6. The van der Waals surface area contributed by atoms with E-state index in [4.69, 9.17) is 0 Å². The molecule has 26 heavy (non-hydrogen) atoms. The third-order valence-corrected chi connectivity index (χ3v) is 4.15. The Labute approximate surface area is 146 Å². The number of aromatic nitrogens is 2. The van der Waals surface area contributed by atoms with Gasteiger partial charge < -0.3 is 4.74 Å². The number of carbonyl (C=O) groups excluding carboxylic acids is 1. The molecule has 0 aliphatic carbocycles. The quantitative estimate of drug-likeness (QED) is 0.830. The fourth-order valence-corrected chi connectivity index (χ4v) is 2.82. The first-order valence-corrected chi connectivity index (χ1v) is 8.45. The molecule has 0 unspecified atom stereocenters. The van der Waals surface area contributed by atoms with Gasteiger partial charge in [0.1, 0.15) is 5.75 Å². The Morgan fingerprint density at radius 2 is 1.62 bits per heavy atom. The van der Waals surface area contributed by atoms with Crippen molar-refractivity contribution < 1.29 is 31.1 Å². The zero-order valence-corrected chi connectivity index (χ0v) is 14.3. The van der Waals surface area contributed by atoms with Crippen LogP contribution in [0.5, 0.6) is 5.75 Å². The van der Waals surface area contributed by atoms with E-state index >= 15 is 0 Å². The second-order valence-corrected chi connectivity index (χ2v) is 6.74. The molecule has 1 aromatic heterocycles. The lowest BCUT2D eigenvalue weighted by Crippen LogP contribution is -2.35. The number of sulfonamides is 1. The van der Waals surface area contributed by atoms with Crippen LogP contribution in [0, 0.1) is 13.8 Å². The van der Waals surface area contributed by atoms with Gasteiger partial charge in [0.2, 0.25) is 5.95 Å². The maximum absolute atomic E-state index is 12.1. The average Bonchev–Trinajstić information content (AvgIpc) is 2.44. The third kappa shape index (κ3) is 5.58. The summed E-state index contributed by atoms with van der Waals surface area (Å²) in [6.45, 7) is 3.33. The number of urea groups is 1. The summed E-state index contributed by atoms with van der Waals surface area (Å²) >= 11 is 0. The predicted molar refractivity (Wildman–Crippen MR) is 84.0 cm³/mol. The normalized spacial score (nSPS) is 11.7. The number of hydrogen-bond donors (Lipinski definition) is 2. The largest absolute Gasteiger partial charge is 0.573 e. The molecule has 2 N–H and O–H groups in total. The Kier molecular flexibility index (Phi) is 5.35. The number of anilines is 1. The number of ether oxygens (including phenoxy) is 1. The van der Waals surface area contributed by atoms with Crippen molar-refractivity contribution in [2.24, 2.45) is 0 Å². The van der Waals surface area contributed by atoms with Gasteiger partial charge in [-0.2, -0.15) is 0 Å². The van der Waals surface area contributed by atoms with Gasteiger partial charge in [-0.05, 0) is 44.2 Å². The van der Waals surface area contributed by atoms with Crippen molar-refractivity contribution in [1.29, 1.82) is 0 Å². The molecular formula is C14H13F3N4O4S. The maximum atomic E-state index is 12.1. The van der Waals surface area contributed by atoms with Gasteiger partial charge >= 0.3 is 12.4 Å². The minimum absolute atomic E-state index is 0.0934. The summed E-state index contributed by atoms with van der Waals surface area (Å²) in [6, 6.07) is 3.89. The van der Waals surface area contributed by atoms with Crippen molar-refractivity contribution >= 4 is 22.0 Å². The Hall–Kier alpha value is -2.89. The molecule has 0 aliphatic heterocycles. The van der Waals surface area contributed by atoms with Crippen molar-refractivity contribution in [2.45, 2.75) is 25.1 Å². The van der Waals surface area contributed by atoms with Crippen LogP contribution >= 0.6 is 0 Å². The van der Waals surface area contributed by atoms with Crippen LogP contribution in [-0.4, -0.2) is 30.8 Å². The van der Waals surface area contributed by atoms with Crippen LogP contribution in [0.3, 0.4) is 0 Å². The van der Waals surface area contributed by atoms with Gasteiger partial charge in [0, 0.05) is 11.4 Å². The number of alkyl halides is 3. The van der Waals surface area contributed by atoms with Crippen LogP contribution in [0.25, 0.3) is 0 Å². The summed E-state index contributed by atoms with van der Waals surface area (Å²) in [5.74, 6) is -0.686. The molecule has 8 nitrogen and oxygen atoms in total. The van der Waals surface area contributed by atoms with E-state index < -0.39 is 33.1 Å². The van der Waals surface area contributed by atoms with E-state index in [9.17, 15) is 26.4 Å². The van der Waals surface area contributed by atoms with Gasteiger partial charge in [0.25, 0.3) is 10.0 Å². The van der Waals surface area contributed by atoms with Gasteiger partial charge in [-0.3, -0.25) is 5.32 Å². The first-order chi connectivity index (χ1) is 11.9.